The Morgan fingerprint density at radius 2 is 1.96 bits per heavy atom. The molecule has 1 aliphatic heterocycles. The van der Waals surface area contributed by atoms with E-state index in [0.717, 1.165) is 42.7 Å². The van der Waals surface area contributed by atoms with E-state index in [9.17, 15) is 9.59 Å². The van der Waals surface area contributed by atoms with Crippen LogP contribution < -0.4 is 10.2 Å². The summed E-state index contributed by atoms with van der Waals surface area (Å²) in [5, 5.41) is 3.00. The van der Waals surface area contributed by atoms with Crippen molar-refractivity contribution >= 4 is 17.6 Å². The lowest BCUT2D eigenvalue weighted by Crippen LogP contribution is -3.14. The van der Waals surface area contributed by atoms with Crippen LogP contribution in [0, 0.1) is 19.8 Å². The van der Waals surface area contributed by atoms with Crippen LogP contribution in [0.5, 0.6) is 0 Å². The van der Waals surface area contributed by atoms with Crippen LogP contribution in [-0.2, 0) is 14.3 Å². The third-order valence-electron chi connectivity index (χ3n) is 4.39. The molecule has 1 amide bonds. The molecule has 0 aliphatic carbocycles. The van der Waals surface area contributed by atoms with Gasteiger partial charge in [-0.25, -0.2) is 0 Å². The molecular formula is C18H27N2O3+. The fourth-order valence-corrected chi connectivity index (χ4v) is 2.99. The van der Waals surface area contributed by atoms with Gasteiger partial charge in [-0.15, -0.1) is 0 Å². The van der Waals surface area contributed by atoms with Crippen molar-refractivity contribution in [1.82, 2.24) is 0 Å². The molecule has 0 bridgehead atoms. The third-order valence-corrected chi connectivity index (χ3v) is 4.39. The van der Waals surface area contributed by atoms with Gasteiger partial charge in [0.05, 0.1) is 25.6 Å². The van der Waals surface area contributed by atoms with Crippen LogP contribution in [0.2, 0.25) is 0 Å². The molecule has 1 saturated heterocycles. The highest BCUT2D eigenvalue weighted by Crippen LogP contribution is 2.16. The van der Waals surface area contributed by atoms with Gasteiger partial charge in [0.1, 0.15) is 0 Å². The van der Waals surface area contributed by atoms with E-state index in [1.54, 1.807) is 0 Å². The van der Waals surface area contributed by atoms with Gasteiger partial charge >= 0.3 is 5.97 Å². The van der Waals surface area contributed by atoms with E-state index in [-0.39, 0.29) is 17.8 Å². The molecule has 0 aromatic heterocycles. The molecule has 0 spiro atoms. The molecule has 0 radical (unpaired) electrons. The minimum atomic E-state index is -0.0913. The number of hydrogen-bond acceptors (Lipinski definition) is 3. The van der Waals surface area contributed by atoms with Gasteiger partial charge in [-0.1, -0.05) is 12.1 Å². The number of amides is 1. The smallest absolute Gasteiger partial charge is 0.309 e. The highest BCUT2D eigenvalue weighted by atomic mass is 16.5. The lowest BCUT2D eigenvalue weighted by molar-refractivity contribution is -0.897. The molecule has 0 atom stereocenters. The first-order valence-corrected chi connectivity index (χ1v) is 8.37. The van der Waals surface area contributed by atoms with Crippen LogP contribution in [0.15, 0.2) is 18.2 Å². The Bertz CT molecular complexity index is 563. The van der Waals surface area contributed by atoms with Gasteiger partial charge < -0.3 is 15.0 Å². The average Bonchev–Trinajstić information content (AvgIpc) is 2.52. The van der Waals surface area contributed by atoms with Gasteiger partial charge in [0.15, 0.2) is 6.54 Å². The van der Waals surface area contributed by atoms with Gasteiger partial charge in [0.2, 0.25) is 0 Å². The molecular weight excluding hydrogens is 292 g/mol. The van der Waals surface area contributed by atoms with E-state index in [2.05, 4.69) is 5.32 Å². The molecule has 126 valence electrons. The Morgan fingerprint density at radius 1 is 1.26 bits per heavy atom. The molecule has 1 aliphatic rings. The second-order valence-corrected chi connectivity index (χ2v) is 6.32. The highest BCUT2D eigenvalue weighted by Gasteiger charge is 2.29. The zero-order chi connectivity index (χ0) is 16.8. The van der Waals surface area contributed by atoms with Crippen LogP contribution in [0.25, 0.3) is 0 Å². The van der Waals surface area contributed by atoms with E-state index in [4.69, 9.17) is 4.74 Å². The predicted octanol–water partition coefficient (Wildman–Crippen LogP) is 1.10. The van der Waals surface area contributed by atoms with Crippen molar-refractivity contribution in [2.45, 2.75) is 33.6 Å². The van der Waals surface area contributed by atoms with Crippen LogP contribution in [-0.4, -0.2) is 38.1 Å². The largest absolute Gasteiger partial charge is 0.466 e. The number of aryl methyl sites for hydroxylation is 2. The number of quaternary nitrogens is 1. The predicted molar refractivity (Wildman–Crippen MR) is 89.5 cm³/mol. The highest BCUT2D eigenvalue weighted by molar-refractivity contribution is 5.92. The lowest BCUT2D eigenvalue weighted by Gasteiger charge is -2.27. The maximum absolute atomic E-state index is 12.2. The first-order valence-electron chi connectivity index (χ1n) is 8.37. The summed E-state index contributed by atoms with van der Waals surface area (Å²) in [6.07, 6.45) is 1.59. The average molecular weight is 319 g/mol. The zero-order valence-electron chi connectivity index (χ0n) is 14.3. The minimum absolute atomic E-state index is 0.000721. The Hall–Kier alpha value is -1.88. The maximum atomic E-state index is 12.2. The fourth-order valence-electron chi connectivity index (χ4n) is 2.99. The second-order valence-electron chi connectivity index (χ2n) is 6.32. The summed E-state index contributed by atoms with van der Waals surface area (Å²) in [5.41, 5.74) is 3.09. The number of ether oxygens (including phenoxy) is 1. The third kappa shape index (κ3) is 5.06. The van der Waals surface area contributed by atoms with Gasteiger partial charge in [0, 0.05) is 18.5 Å². The first-order chi connectivity index (χ1) is 11.0. The SMILES string of the molecule is CCOC(=O)C1CC[NH+](CC(=O)Nc2cc(C)ccc2C)CC1. The van der Waals surface area contributed by atoms with E-state index in [1.165, 1.54) is 4.90 Å². The van der Waals surface area contributed by atoms with Crippen LogP contribution in [0.4, 0.5) is 5.69 Å². The van der Waals surface area contributed by atoms with E-state index >= 15 is 0 Å². The van der Waals surface area contributed by atoms with Crippen molar-refractivity contribution in [2.75, 3.05) is 31.6 Å². The molecule has 0 unspecified atom stereocenters. The first kappa shape index (κ1) is 17.5. The summed E-state index contributed by atoms with van der Waals surface area (Å²) in [7, 11) is 0. The van der Waals surface area contributed by atoms with Crippen molar-refractivity contribution in [2.24, 2.45) is 5.92 Å². The van der Waals surface area contributed by atoms with Crippen molar-refractivity contribution in [3.63, 3.8) is 0 Å². The zero-order valence-corrected chi connectivity index (χ0v) is 14.3. The van der Waals surface area contributed by atoms with Crippen LogP contribution in [0.3, 0.4) is 0 Å². The summed E-state index contributed by atoms with van der Waals surface area (Å²) in [5.74, 6) is -0.0598. The number of hydrogen-bond donors (Lipinski definition) is 2. The van der Waals surface area contributed by atoms with E-state index < -0.39 is 0 Å². The number of benzene rings is 1. The van der Waals surface area contributed by atoms with E-state index in [1.807, 2.05) is 39.0 Å². The monoisotopic (exact) mass is 319 g/mol. The van der Waals surface area contributed by atoms with Gasteiger partial charge in [-0.05, 0) is 38.0 Å². The van der Waals surface area contributed by atoms with Gasteiger partial charge in [-0.3, -0.25) is 9.59 Å². The number of anilines is 1. The molecule has 1 heterocycles. The molecule has 0 saturated carbocycles. The molecule has 1 aromatic carbocycles. The van der Waals surface area contributed by atoms with Crippen molar-refractivity contribution in [1.29, 1.82) is 0 Å². The molecule has 5 nitrogen and oxygen atoms in total. The Balaban J connectivity index is 1.81. The summed E-state index contributed by atoms with van der Waals surface area (Å²) < 4.78 is 5.07. The normalized spacial score (nSPS) is 20.8. The second kappa shape index (κ2) is 8.11. The molecule has 5 heteroatoms. The number of rotatable bonds is 5. The fraction of sp³-hybridized carbons (Fsp3) is 0.556. The summed E-state index contributed by atoms with van der Waals surface area (Å²) >= 11 is 0. The van der Waals surface area contributed by atoms with Crippen LogP contribution in [0.1, 0.15) is 30.9 Å². The molecule has 2 rings (SSSR count). The number of piperidine rings is 1. The van der Waals surface area contributed by atoms with Gasteiger partial charge in [0.25, 0.3) is 5.91 Å². The summed E-state index contributed by atoms with van der Waals surface area (Å²) in [6.45, 7) is 8.39. The van der Waals surface area contributed by atoms with Crippen molar-refractivity contribution < 1.29 is 19.2 Å². The lowest BCUT2D eigenvalue weighted by atomic mass is 9.97. The Labute approximate surface area is 138 Å². The summed E-state index contributed by atoms with van der Waals surface area (Å²) in [4.78, 5) is 25.2. The van der Waals surface area contributed by atoms with E-state index in [0.29, 0.717) is 13.2 Å². The number of carbonyl (C=O) groups excluding carboxylic acids is 2. The number of esters is 1. The quantitative estimate of drug-likeness (QED) is 0.799. The van der Waals surface area contributed by atoms with Gasteiger partial charge in [-0.2, -0.15) is 0 Å². The molecule has 2 N–H and O–H groups in total. The van der Waals surface area contributed by atoms with Crippen LogP contribution >= 0.6 is 0 Å². The maximum Gasteiger partial charge on any atom is 0.309 e. The molecule has 1 fully saturated rings. The van der Waals surface area contributed by atoms with Crippen molar-refractivity contribution in [3.05, 3.63) is 29.3 Å². The number of nitrogens with one attached hydrogen (secondary N) is 2. The molecule has 1 aromatic rings. The number of carbonyl (C=O) groups is 2. The standard InChI is InChI=1S/C18H26N2O3/c1-4-23-18(22)15-7-9-20(10-8-15)12-17(21)19-16-11-13(2)5-6-14(16)3/h5-6,11,15H,4,7-10,12H2,1-3H3,(H,19,21)/p+1. The Morgan fingerprint density at radius 3 is 2.61 bits per heavy atom. The Kier molecular flexibility index (Phi) is 6.16. The summed E-state index contributed by atoms with van der Waals surface area (Å²) in [6, 6.07) is 6.05. The van der Waals surface area contributed by atoms with Crippen molar-refractivity contribution in [3.8, 4) is 0 Å². The minimum Gasteiger partial charge on any atom is -0.466 e. The molecule has 23 heavy (non-hydrogen) atoms. The topological polar surface area (TPSA) is 59.8 Å². The number of likely N-dealkylation sites (tertiary alicyclic amines) is 1.